The second kappa shape index (κ2) is 7.65. The van der Waals surface area contributed by atoms with Crippen LogP contribution in [0.5, 0.6) is 0 Å². The Hall–Kier alpha value is -1.63. The fourth-order valence-electron chi connectivity index (χ4n) is 1.27. The first kappa shape index (κ1) is 16.4. The summed E-state index contributed by atoms with van der Waals surface area (Å²) in [7, 11) is 3.98. The van der Waals surface area contributed by atoms with Crippen molar-refractivity contribution in [1.29, 1.82) is 0 Å². The van der Waals surface area contributed by atoms with Gasteiger partial charge < -0.3 is 20.1 Å². The smallest absolute Gasteiger partial charge is 0.328 e. The van der Waals surface area contributed by atoms with Crippen LogP contribution in [0, 0.1) is 0 Å². The van der Waals surface area contributed by atoms with Crippen molar-refractivity contribution in [2.24, 2.45) is 5.73 Å². The predicted molar refractivity (Wildman–Crippen MR) is 63.5 cm³/mol. The van der Waals surface area contributed by atoms with Crippen molar-refractivity contribution >= 4 is 17.8 Å². The molecule has 0 rings (SSSR count). The highest BCUT2D eigenvalue weighted by molar-refractivity contribution is 5.84. The molecule has 0 aliphatic heterocycles. The molecular formula is C11H20N2O5. The molecule has 0 saturated heterocycles. The topological polar surface area (TPSA) is 98.9 Å². The summed E-state index contributed by atoms with van der Waals surface area (Å²) in [5.74, 6) is -1.35. The van der Waals surface area contributed by atoms with Crippen molar-refractivity contribution in [3.8, 4) is 0 Å². The van der Waals surface area contributed by atoms with E-state index in [4.69, 9.17) is 5.73 Å². The summed E-state index contributed by atoms with van der Waals surface area (Å²) >= 11 is 0. The highest BCUT2D eigenvalue weighted by Crippen LogP contribution is 2.05. The van der Waals surface area contributed by atoms with Gasteiger partial charge in [0.15, 0.2) is 0 Å². The molecule has 0 aliphatic rings. The Kier molecular flexibility index (Phi) is 6.96. The minimum absolute atomic E-state index is 0.0636. The summed E-state index contributed by atoms with van der Waals surface area (Å²) < 4.78 is 8.98. The van der Waals surface area contributed by atoms with E-state index in [9.17, 15) is 14.4 Å². The summed E-state index contributed by atoms with van der Waals surface area (Å²) in [6.45, 7) is 1.56. The summed E-state index contributed by atoms with van der Waals surface area (Å²) in [4.78, 5) is 35.3. The average Bonchev–Trinajstić information content (AvgIpc) is 2.40. The van der Waals surface area contributed by atoms with E-state index < -0.39 is 24.0 Å². The molecule has 7 nitrogen and oxygen atoms in total. The predicted octanol–water partition coefficient (Wildman–Crippen LogP) is -0.713. The molecule has 1 amide bonds. The highest BCUT2D eigenvalue weighted by Gasteiger charge is 2.24. The van der Waals surface area contributed by atoms with Gasteiger partial charge in [0.05, 0.1) is 14.2 Å². The van der Waals surface area contributed by atoms with Gasteiger partial charge in [0.1, 0.15) is 12.1 Å². The van der Waals surface area contributed by atoms with Crippen molar-refractivity contribution in [2.75, 3.05) is 21.3 Å². The second-order valence-electron chi connectivity index (χ2n) is 3.87. The largest absolute Gasteiger partial charge is 0.468 e. The first-order valence-electron chi connectivity index (χ1n) is 5.52. The molecule has 0 fully saturated rings. The van der Waals surface area contributed by atoms with Crippen LogP contribution >= 0.6 is 0 Å². The minimum atomic E-state index is -0.833. The van der Waals surface area contributed by atoms with E-state index >= 15 is 0 Å². The van der Waals surface area contributed by atoms with Gasteiger partial charge in [0.2, 0.25) is 5.91 Å². The lowest BCUT2D eigenvalue weighted by Gasteiger charge is -2.23. The van der Waals surface area contributed by atoms with Crippen molar-refractivity contribution < 1.29 is 23.9 Å². The molecule has 2 N–H and O–H groups in total. The summed E-state index contributed by atoms with van der Waals surface area (Å²) in [6, 6.07) is -1.50. The summed E-state index contributed by atoms with van der Waals surface area (Å²) in [5.41, 5.74) is 5.50. The molecule has 0 aromatic rings. The molecule has 18 heavy (non-hydrogen) atoms. The van der Waals surface area contributed by atoms with E-state index in [1.807, 2.05) is 0 Å². The number of rotatable bonds is 6. The van der Waals surface area contributed by atoms with Gasteiger partial charge in [-0.2, -0.15) is 0 Å². The maximum atomic E-state index is 11.7. The Morgan fingerprint density at radius 1 is 1.17 bits per heavy atom. The minimum Gasteiger partial charge on any atom is -0.468 e. The third kappa shape index (κ3) is 4.70. The van der Waals surface area contributed by atoms with Crippen LogP contribution in [-0.2, 0) is 23.9 Å². The van der Waals surface area contributed by atoms with Crippen LogP contribution in [0.25, 0.3) is 0 Å². The number of esters is 2. The lowest BCUT2D eigenvalue weighted by Crippen LogP contribution is -2.42. The van der Waals surface area contributed by atoms with Crippen molar-refractivity contribution in [3.05, 3.63) is 0 Å². The van der Waals surface area contributed by atoms with Gasteiger partial charge in [-0.05, 0) is 13.3 Å². The molecule has 0 radical (unpaired) electrons. The van der Waals surface area contributed by atoms with Crippen LogP contribution in [-0.4, -0.2) is 56.1 Å². The third-order valence-corrected chi connectivity index (χ3v) is 2.69. The first-order valence-corrected chi connectivity index (χ1v) is 5.52. The highest BCUT2D eigenvalue weighted by atomic mass is 16.5. The number of nitrogens with two attached hydrogens (primary N) is 1. The lowest BCUT2D eigenvalue weighted by molar-refractivity contribution is -0.151. The second-order valence-corrected chi connectivity index (χ2v) is 3.87. The number of carbonyl (C=O) groups excluding carboxylic acids is 3. The van der Waals surface area contributed by atoms with E-state index in [-0.39, 0.29) is 18.7 Å². The molecule has 0 aromatic carbocycles. The van der Waals surface area contributed by atoms with Gasteiger partial charge in [-0.25, -0.2) is 4.79 Å². The van der Waals surface area contributed by atoms with Crippen LogP contribution < -0.4 is 5.73 Å². The summed E-state index contributed by atoms with van der Waals surface area (Å²) in [5, 5.41) is 0. The SMILES string of the molecule is COC(=O)[C@H](N)CCC(=O)N(C)[C@@H](C)C(=O)OC. The van der Waals surface area contributed by atoms with E-state index in [1.54, 1.807) is 6.92 Å². The summed E-state index contributed by atoms with van der Waals surface area (Å²) in [6.07, 6.45) is 0.234. The van der Waals surface area contributed by atoms with Gasteiger partial charge in [0.25, 0.3) is 0 Å². The van der Waals surface area contributed by atoms with Crippen molar-refractivity contribution in [1.82, 2.24) is 4.90 Å². The van der Waals surface area contributed by atoms with Crippen molar-refractivity contribution in [2.45, 2.75) is 31.8 Å². The molecule has 0 unspecified atom stereocenters. The van der Waals surface area contributed by atoms with E-state index in [0.717, 1.165) is 0 Å². The molecule has 0 aromatic heterocycles. The quantitative estimate of drug-likeness (QED) is 0.633. The van der Waals surface area contributed by atoms with Gasteiger partial charge >= 0.3 is 11.9 Å². The van der Waals surface area contributed by atoms with Crippen LogP contribution in [0.4, 0.5) is 0 Å². The standard InChI is InChI=1S/C11H20N2O5/c1-7(10(15)17-3)13(2)9(14)6-5-8(12)11(16)18-4/h7-8H,5-6,12H2,1-4H3/t7-,8+/m0/s1. The molecule has 104 valence electrons. The number of ether oxygens (including phenoxy) is 2. The number of methoxy groups -OCH3 is 2. The fraction of sp³-hybridized carbons (Fsp3) is 0.727. The monoisotopic (exact) mass is 260 g/mol. The van der Waals surface area contributed by atoms with Crippen LogP contribution in [0.1, 0.15) is 19.8 Å². The zero-order valence-electron chi connectivity index (χ0n) is 11.1. The first-order chi connectivity index (χ1) is 8.34. The number of likely N-dealkylation sites (N-methyl/N-ethyl adjacent to an activating group) is 1. The Morgan fingerprint density at radius 2 is 1.67 bits per heavy atom. The molecular weight excluding hydrogens is 240 g/mol. The van der Waals surface area contributed by atoms with Gasteiger partial charge in [-0.1, -0.05) is 0 Å². The van der Waals surface area contributed by atoms with Crippen LogP contribution in [0.2, 0.25) is 0 Å². The number of nitrogens with zero attached hydrogens (tertiary/aromatic N) is 1. The van der Waals surface area contributed by atoms with E-state index in [1.165, 1.54) is 26.2 Å². The Bertz CT molecular complexity index is 319. The zero-order valence-corrected chi connectivity index (χ0v) is 11.1. The lowest BCUT2D eigenvalue weighted by atomic mass is 10.1. The molecule has 0 saturated carbocycles. The maximum absolute atomic E-state index is 11.7. The number of amides is 1. The van der Waals surface area contributed by atoms with Gasteiger partial charge in [0, 0.05) is 13.5 Å². The van der Waals surface area contributed by atoms with Crippen LogP contribution in [0.15, 0.2) is 0 Å². The van der Waals surface area contributed by atoms with E-state index in [2.05, 4.69) is 9.47 Å². The number of hydrogen-bond donors (Lipinski definition) is 1. The number of carbonyl (C=O) groups is 3. The number of hydrogen-bond acceptors (Lipinski definition) is 6. The fourth-order valence-corrected chi connectivity index (χ4v) is 1.27. The van der Waals surface area contributed by atoms with Gasteiger partial charge in [-0.3, -0.25) is 9.59 Å². The molecule has 7 heteroatoms. The normalized spacial score (nSPS) is 13.4. The molecule has 2 atom stereocenters. The molecule has 0 heterocycles. The zero-order chi connectivity index (χ0) is 14.3. The molecule has 0 bridgehead atoms. The average molecular weight is 260 g/mol. The Morgan fingerprint density at radius 3 is 2.11 bits per heavy atom. The third-order valence-electron chi connectivity index (χ3n) is 2.69. The Balaban J connectivity index is 4.25. The van der Waals surface area contributed by atoms with Crippen molar-refractivity contribution in [3.63, 3.8) is 0 Å². The maximum Gasteiger partial charge on any atom is 0.328 e. The molecule has 0 spiro atoms. The van der Waals surface area contributed by atoms with Gasteiger partial charge in [-0.15, -0.1) is 0 Å². The molecule has 0 aliphatic carbocycles. The van der Waals surface area contributed by atoms with Crippen LogP contribution in [0.3, 0.4) is 0 Å². The van der Waals surface area contributed by atoms with E-state index in [0.29, 0.717) is 0 Å². The Labute approximate surface area is 106 Å².